The van der Waals surface area contributed by atoms with Crippen LogP contribution in [0.3, 0.4) is 0 Å². The van der Waals surface area contributed by atoms with Gasteiger partial charge in [-0.3, -0.25) is 4.79 Å². The molecule has 0 amide bonds. The predicted molar refractivity (Wildman–Crippen MR) is 50.9 cm³/mol. The standard InChI is InChI=1S/C9H11F2NOS/c10-9(11)2-1-7(5-9)6-12-3-4-14-8(12)13/h3-4,7H,1-2,5-6H2. The smallest absolute Gasteiger partial charge is 0.306 e. The van der Waals surface area contributed by atoms with Crippen LogP contribution in [0, 0.1) is 5.92 Å². The summed E-state index contributed by atoms with van der Waals surface area (Å²) in [5.41, 5.74) is 0. The first-order chi connectivity index (χ1) is 6.57. The Morgan fingerprint density at radius 1 is 1.64 bits per heavy atom. The van der Waals surface area contributed by atoms with Crippen molar-refractivity contribution in [2.45, 2.75) is 31.7 Å². The van der Waals surface area contributed by atoms with Crippen LogP contribution in [0.4, 0.5) is 8.78 Å². The molecule has 5 heteroatoms. The quantitative estimate of drug-likeness (QED) is 0.748. The molecule has 0 radical (unpaired) electrons. The van der Waals surface area contributed by atoms with Crippen LogP contribution in [-0.4, -0.2) is 10.5 Å². The maximum absolute atomic E-state index is 12.8. The molecule has 0 bridgehead atoms. The Balaban J connectivity index is 2.01. The van der Waals surface area contributed by atoms with Crippen LogP contribution in [0.5, 0.6) is 0 Å². The molecule has 1 saturated carbocycles. The van der Waals surface area contributed by atoms with Crippen molar-refractivity contribution in [1.82, 2.24) is 4.57 Å². The van der Waals surface area contributed by atoms with Crippen LogP contribution < -0.4 is 4.87 Å². The number of rotatable bonds is 2. The second-order valence-corrected chi connectivity index (χ2v) is 4.64. The third-order valence-corrected chi connectivity index (χ3v) is 3.30. The fourth-order valence-electron chi connectivity index (χ4n) is 1.90. The van der Waals surface area contributed by atoms with Gasteiger partial charge in [0, 0.05) is 31.0 Å². The van der Waals surface area contributed by atoms with Gasteiger partial charge in [-0.05, 0) is 12.3 Å². The average molecular weight is 219 g/mol. The van der Waals surface area contributed by atoms with E-state index in [1.807, 2.05) is 0 Å². The van der Waals surface area contributed by atoms with E-state index in [2.05, 4.69) is 0 Å². The molecule has 0 aromatic carbocycles. The summed E-state index contributed by atoms with van der Waals surface area (Å²) in [6, 6.07) is 0. The lowest BCUT2D eigenvalue weighted by Gasteiger charge is -2.10. The highest BCUT2D eigenvalue weighted by atomic mass is 32.1. The van der Waals surface area contributed by atoms with E-state index in [0.29, 0.717) is 13.0 Å². The van der Waals surface area contributed by atoms with Crippen LogP contribution in [0.1, 0.15) is 19.3 Å². The van der Waals surface area contributed by atoms with E-state index in [0.717, 1.165) is 11.3 Å². The Bertz CT molecular complexity index is 371. The summed E-state index contributed by atoms with van der Waals surface area (Å²) in [6.07, 6.45) is 2.09. The summed E-state index contributed by atoms with van der Waals surface area (Å²) in [5.74, 6) is -2.55. The summed E-state index contributed by atoms with van der Waals surface area (Å²) < 4.78 is 27.2. The van der Waals surface area contributed by atoms with Crippen molar-refractivity contribution in [3.63, 3.8) is 0 Å². The summed E-state index contributed by atoms with van der Waals surface area (Å²) in [7, 11) is 0. The minimum absolute atomic E-state index is 0.0312. The van der Waals surface area contributed by atoms with Gasteiger partial charge in [-0.2, -0.15) is 0 Å². The van der Waals surface area contributed by atoms with Crippen molar-refractivity contribution in [2.75, 3.05) is 0 Å². The highest BCUT2D eigenvalue weighted by Crippen LogP contribution is 2.39. The van der Waals surface area contributed by atoms with E-state index < -0.39 is 5.92 Å². The van der Waals surface area contributed by atoms with Gasteiger partial charge in [0.25, 0.3) is 0 Å². The molecule has 1 unspecified atom stereocenters. The molecule has 0 aliphatic heterocycles. The van der Waals surface area contributed by atoms with Crippen molar-refractivity contribution in [3.05, 3.63) is 21.2 Å². The molecule has 1 fully saturated rings. The SMILES string of the molecule is O=c1sccn1CC1CCC(F)(F)C1. The predicted octanol–water partition coefficient (Wildman–Crippen LogP) is 2.35. The Labute approximate surface area is 84.2 Å². The van der Waals surface area contributed by atoms with Crippen LogP contribution in [0.25, 0.3) is 0 Å². The number of hydrogen-bond donors (Lipinski definition) is 0. The largest absolute Gasteiger partial charge is 0.307 e. The molecule has 1 aliphatic carbocycles. The number of hydrogen-bond acceptors (Lipinski definition) is 2. The topological polar surface area (TPSA) is 22.0 Å². The van der Waals surface area contributed by atoms with Crippen LogP contribution in [-0.2, 0) is 6.54 Å². The lowest BCUT2D eigenvalue weighted by molar-refractivity contribution is 0.00434. The molecule has 0 spiro atoms. The molecule has 1 aromatic heterocycles. The Kier molecular flexibility index (Phi) is 2.43. The van der Waals surface area contributed by atoms with E-state index >= 15 is 0 Å². The maximum Gasteiger partial charge on any atom is 0.307 e. The van der Waals surface area contributed by atoms with Crippen LogP contribution in [0.2, 0.25) is 0 Å². The second-order valence-electron chi connectivity index (χ2n) is 3.79. The van der Waals surface area contributed by atoms with E-state index in [4.69, 9.17) is 0 Å². The number of nitrogens with zero attached hydrogens (tertiary/aromatic N) is 1. The Hall–Kier alpha value is -0.710. The molecule has 1 aliphatic rings. The minimum atomic E-state index is -2.51. The monoisotopic (exact) mass is 219 g/mol. The van der Waals surface area contributed by atoms with Crippen LogP contribution >= 0.6 is 11.3 Å². The van der Waals surface area contributed by atoms with Gasteiger partial charge in [0.2, 0.25) is 5.92 Å². The third-order valence-electron chi connectivity index (χ3n) is 2.60. The molecule has 0 N–H and O–H groups in total. The number of alkyl halides is 2. The zero-order chi connectivity index (χ0) is 10.2. The second kappa shape index (κ2) is 3.46. The van der Waals surface area contributed by atoms with Gasteiger partial charge in [0.15, 0.2) is 0 Å². The first kappa shape index (κ1) is 9.83. The highest BCUT2D eigenvalue weighted by Gasteiger charge is 2.39. The molecule has 78 valence electrons. The number of aromatic nitrogens is 1. The average Bonchev–Trinajstić information content (AvgIpc) is 2.61. The van der Waals surface area contributed by atoms with Gasteiger partial charge in [-0.25, -0.2) is 8.78 Å². The fourth-order valence-corrected chi connectivity index (χ4v) is 2.50. The molecule has 0 saturated heterocycles. The van der Waals surface area contributed by atoms with Gasteiger partial charge in [-0.1, -0.05) is 11.3 Å². The van der Waals surface area contributed by atoms with E-state index in [9.17, 15) is 13.6 Å². The summed E-state index contributed by atoms with van der Waals surface area (Å²) in [6.45, 7) is 0.442. The van der Waals surface area contributed by atoms with E-state index in [1.165, 1.54) is 4.57 Å². The third kappa shape index (κ3) is 2.03. The lowest BCUT2D eigenvalue weighted by atomic mass is 10.1. The van der Waals surface area contributed by atoms with Crippen molar-refractivity contribution in [1.29, 1.82) is 0 Å². The molecular formula is C9H11F2NOS. The first-order valence-electron chi connectivity index (χ1n) is 4.59. The van der Waals surface area contributed by atoms with E-state index in [1.54, 1.807) is 11.6 Å². The highest BCUT2D eigenvalue weighted by molar-refractivity contribution is 7.07. The lowest BCUT2D eigenvalue weighted by Crippen LogP contribution is -2.18. The zero-order valence-corrected chi connectivity index (χ0v) is 8.40. The van der Waals surface area contributed by atoms with Gasteiger partial charge >= 0.3 is 4.87 Å². The number of thiazole rings is 1. The van der Waals surface area contributed by atoms with Gasteiger partial charge in [0.1, 0.15) is 0 Å². The Morgan fingerprint density at radius 3 is 2.93 bits per heavy atom. The van der Waals surface area contributed by atoms with Crippen molar-refractivity contribution in [3.8, 4) is 0 Å². The van der Waals surface area contributed by atoms with Crippen LogP contribution in [0.15, 0.2) is 16.4 Å². The molecule has 2 rings (SSSR count). The molecule has 1 aromatic rings. The van der Waals surface area contributed by atoms with Gasteiger partial charge in [0.05, 0.1) is 0 Å². The van der Waals surface area contributed by atoms with Gasteiger partial charge in [-0.15, -0.1) is 0 Å². The summed E-state index contributed by atoms with van der Waals surface area (Å²) in [5, 5.41) is 1.69. The minimum Gasteiger partial charge on any atom is -0.306 e. The van der Waals surface area contributed by atoms with Crippen molar-refractivity contribution >= 4 is 11.3 Å². The summed E-state index contributed by atoms with van der Waals surface area (Å²) in [4.78, 5) is 11.1. The molecule has 1 atom stereocenters. The molecule has 2 nitrogen and oxygen atoms in total. The Morgan fingerprint density at radius 2 is 2.43 bits per heavy atom. The van der Waals surface area contributed by atoms with E-state index in [-0.39, 0.29) is 23.6 Å². The molecule has 1 heterocycles. The number of halogens is 2. The molecular weight excluding hydrogens is 208 g/mol. The fraction of sp³-hybridized carbons (Fsp3) is 0.667. The maximum atomic E-state index is 12.8. The van der Waals surface area contributed by atoms with Gasteiger partial charge < -0.3 is 4.57 Å². The van der Waals surface area contributed by atoms with Crippen molar-refractivity contribution < 1.29 is 8.78 Å². The zero-order valence-electron chi connectivity index (χ0n) is 7.58. The first-order valence-corrected chi connectivity index (χ1v) is 5.46. The van der Waals surface area contributed by atoms with Crippen molar-refractivity contribution in [2.24, 2.45) is 5.92 Å². The molecule has 14 heavy (non-hydrogen) atoms. The summed E-state index contributed by atoms with van der Waals surface area (Å²) >= 11 is 1.11. The normalized spacial score (nSPS) is 25.4.